The number of alkyl halides is 9. The van der Waals surface area contributed by atoms with E-state index in [1.165, 1.54) is 39.5 Å². The lowest BCUT2D eigenvalue weighted by molar-refractivity contribution is -0.138. The van der Waals surface area contributed by atoms with Crippen molar-refractivity contribution in [2.45, 2.75) is 18.5 Å². The van der Waals surface area contributed by atoms with Gasteiger partial charge in [0.15, 0.2) is 0 Å². The number of aromatic nitrogens is 2. The molecule has 54 heavy (non-hydrogen) atoms. The highest BCUT2D eigenvalue weighted by atomic mass is 19.4. The summed E-state index contributed by atoms with van der Waals surface area (Å²) in [6.07, 6.45) is -14.4. The second-order valence-electron chi connectivity index (χ2n) is 12.6. The number of nitriles is 2. The third-order valence-corrected chi connectivity index (χ3v) is 9.42. The van der Waals surface area contributed by atoms with Gasteiger partial charge in [-0.1, -0.05) is 48.5 Å². The second-order valence-corrected chi connectivity index (χ2v) is 12.6. The molecule has 0 amide bonds. The predicted molar refractivity (Wildman–Crippen MR) is 185 cm³/mol. The van der Waals surface area contributed by atoms with Crippen molar-refractivity contribution in [3.8, 4) is 34.6 Å². The van der Waals surface area contributed by atoms with Gasteiger partial charge in [-0.2, -0.15) is 50.0 Å². The fourth-order valence-corrected chi connectivity index (χ4v) is 7.09. The Morgan fingerprint density at radius 3 is 1.39 bits per heavy atom. The van der Waals surface area contributed by atoms with E-state index in [9.17, 15) is 50.0 Å². The van der Waals surface area contributed by atoms with E-state index in [1.54, 1.807) is 54.6 Å². The van der Waals surface area contributed by atoms with Crippen LogP contribution in [0.25, 0.3) is 66.1 Å². The van der Waals surface area contributed by atoms with E-state index < -0.39 is 35.2 Å². The van der Waals surface area contributed by atoms with Crippen molar-refractivity contribution in [1.82, 2.24) is 9.13 Å². The number of halogens is 9. The Bertz CT molecular complexity index is 2930. The lowest BCUT2D eigenvalue weighted by atomic mass is 9.95. The van der Waals surface area contributed by atoms with Crippen molar-refractivity contribution in [2.75, 3.05) is 0 Å². The quantitative estimate of drug-likeness (QED) is 0.170. The molecule has 6 aromatic carbocycles. The summed E-state index contributed by atoms with van der Waals surface area (Å²) in [6.45, 7) is 0. The zero-order valence-corrected chi connectivity index (χ0v) is 27.2. The molecule has 0 unspecified atom stereocenters. The van der Waals surface area contributed by atoms with Crippen LogP contribution in [-0.2, 0) is 18.5 Å². The molecule has 0 N–H and O–H groups in total. The first-order chi connectivity index (χ1) is 25.6. The fourth-order valence-electron chi connectivity index (χ4n) is 7.09. The molecule has 0 fully saturated rings. The van der Waals surface area contributed by atoms with Crippen LogP contribution in [0.1, 0.15) is 27.8 Å². The molecule has 4 nitrogen and oxygen atoms in total. The first-order valence-corrected chi connectivity index (χ1v) is 16.0. The summed E-state index contributed by atoms with van der Waals surface area (Å²) in [4.78, 5) is 0. The molecule has 0 aliphatic carbocycles. The van der Waals surface area contributed by atoms with Crippen LogP contribution in [0.15, 0.2) is 115 Å². The maximum atomic E-state index is 14.3. The Morgan fingerprint density at radius 2 is 0.907 bits per heavy atom. The molecular formula is C41H19F9N4. The van der Waals surface area contributed by atoms with Crippen molar-refractivity contribution in [3.63, 3.8) is 0 Å². The van der Waals surface area contributed by atoms with Gasteiger partial charge in [0.05, 0.1) is 67.3 Å². The molecule has 0 bridgehead atoms. The van der Waals surface area contributed by atoms with E-state index in [2.05, 4.69) is 6.07 Å². The third kappa shape index (κ3) is 5.48. The molecule has 0 atom stereocenters. The van der Waals surface area contributed by atoms with E-state index >= 15 is 0 Å². The minimum absolute atomic E-state index is 0.0132. The summed E-state index contributed by atoms with van der Waals surface area (Å²) in [7, 11) is 0. The van der Waals surface area contributed by atoms with Crippen molar-refractivity contribution < 1.29 is 39.5 Å². The van der Waals surface area contributed by atoms with Crippen LogP contribution in [-0.4, -0.2) is 9.13 Å². The van der Waals surface area contributed by atoms with Crippen LogP contribution >= 0.6 is 0 Å². The van der Waals surface area contributed by atoms with Gasteiger partial charge < -0.3 is 9.13 Å². The number of nitrogens with zero attached hydrogens (tertiary/aromatic N) is 4. The number of fused-ring (bicyclic) bond motifs is 6. The van der Waals surface area contributed by atoms with E-state index in [4.69, 9.17) is 0 Å². The minimum Gasteiger partial charge on any atom is -0.309 e. The van der Waals surface area contributed by atoms with Crippen LogP contribution in [0.2, 0.25) is 0 Å². The van der Waals surface area contributed by atoms with Gasteiger partial charge in [-0.15, -0.1) is 0 Å². The normalized spacial score (nSPS) is 12.5. The molecule has 0 spiro atoms. The molecule has 8 aromatic rings. The highest BCUT2D eigenvalue weighted by Crippen LogP contribution is 2.44. The molecule has 266 valence electrons. The highest BCUT2D eigenvalue weighted by Gasteiger charge is 2.34. The van der Waals surface area contributed by atoms with E-state index in [0.717, 1.165) is 30.3 Å². The minimum atomic E-state index is -4.92. The molecule has 0 aliphatic rings. The Balaban J connectivity index is 1.56. The summed E-state index contributed by atoms with van der Waals surface area (Å²) >= 11 is 0. The number of hydrogen-bond donors (Lipinski definition) is 0. The summed E-state index contributed by atoms with van der Waals surface area (Å²) < 4.78 is 130. The maximum Gasteiger partial charge on any atom is 0.416 e. The van der Waals surface area contributed by atoms with E-state index in [1.807, 2.05) is 0 Å². The third-order valence-electron chi connectivity index (χ3n) is 9.42. The number of para-hydroxylation sites is 2. The Kier molecular flexibility index (Phi) is 7.57. The summed E-state index contributed by atoms with van der Waals surface area (Å²) in [6, 6.07) is 28.3. The maximum absolute atomic E-state index is 14.3. The molecule has 8 rings (SSSR count). The molecule has 13 heteroatoms. The zero-order chi connectivity index (χ0) is 38.3. The molecule has 0 saturated heterocycles. The molecule has 2 aromatic heterocycles. The number of rotatable bonds is 3. The predicted octanol–water partition coefficient (Wildman–Crippen LogP) is 12.3. The molecule has 2 heterocycles. The standard InChI is InChI=1S/C41H19F9N4/c42-39(43,44)25-9-11-30-28-5-1-3-7-33(28)53(37(30)17-25)35-19-32(23-13-22(20-51)14-27(15-23)41(48,49)50)36(16-24(35)21-52)54-34-8-4-2-6-29(34)31-12-10-26(18-38(31)54)40(45,46)47/h1-19H. The average Bonchev–Trinajstić information content (AvgIpc) is 3.65. The van der Waals surface area contributed by atoms with Gasteiger partial charge >= 0.3 is 18.5 Å². The molecule has 0 saturated carbocycles. The number of benzene rings is 6. The van der Waals surface area contributed by atoms with Gasteiger partial charge in [0.1, 0.15) is 6.07 Å². The summed E-state index contributed by atoms with van der Waals surface area (Å²) in [5.74, 6) is 0. The molecule has 0 radical (unpaired) electrons. The van der Waals surface area contributed by atoms with E-state index in [-0.39, 0.29) is 44.7 Å². The monoisotopic (exact) mass is 738 g/mol. The van der Waals surface area contributed by atoms with Crippen molar-refractivity contribution >= 4 is 43.6 Å². The highest BCUT2D eigenvalue weighted by molar-refractivity contribution is 6.11. The summed E-state index contributed by atoms with van der Waals surface area (Å²) in [5, 5.41) is 22.2. The number of hydrogen-bond acceptors (Lipinski definition) is 2. The van der Waals surface area contributed by atoms with Crippen LogP contribution in [0.4, 0.5) is 39.5 Å². The van der Waals surface area contributed by atoms with Crippen LogP contribution < -0.4 is 0 Å². The average molecular weight is 739 g/mol. The largest absolute Gasteiger partial charge is 0.416 e. The summed E-state index contributed by atoms with van der Waals surface area (Å²) in [5.41, 5.74) is -3.22. The van der Waals surface area contributed by atoms with Gasteiger partial charge in [0.2, 0.25) is 0 Å². The zero-order valence-electron chi connectivity index (χ0n) is 27.2. The van der Waals surface area contributed by atoms with Crippen molar-refractivity contribution in [1.29, 1.82) is 10.5 Å². The Labute approximate surface area is 298 Å². The van der Waals surface area contributed by atoms with Crippen molar-refractivity contribution in [2.24, 2.45) is 0 Å². The van der Waals surface area contributed by atoms with Gasteiger partial charge in [0, 0.05) is 27.1 Å². The second kappa shape index (κ2) is 11.9. The SMILES string of the molecule is N#Cc1cc(-c2cc(-n3c4ccccc4c4ccc(C(F)(F)F)cc43)c(C#N)cc2-n2c3ccccc3c3ccc(C(F)(F)F)cc32)cc(C(F)(F)F)c1. The lowest BCUT2D eigenvalue weighted by Gasteiger charge is -2.20. The van der Waals surface area contributed by atoms with Gasteiger partial charge in [-0.25, -0.2) is 0 Å². The van der Waals surface area contributed by atoms with Gasteiger partial charge in [-0.05, 0) is 72.3 Å². The van der Waals surface area contributed by atoms with Gasteiger partial charge in [0.25, 0.3) is 0 Å². The first kappa shape index (κ1) is 34.4. The van der Waals surface area contributed by atoms with Crippen LogP contribution in [0, 0.1) is 22.7 Å². The molecular weight excluding hydrogens is 719 g/mol. The Hall–Kier alpha value is -6.73. The molecule has 0 aliphatic heterocycles. The topological polar surface area (TPSA) is 57.4 Å². The first-order valence-electron chi connectivity index (χ1n) is 16.0. The smallest absolute Gasteiger partial charge is 0.309 e. The Morgan fingerprint density at radius 1 is 0.426 bits per heavy atom. The van der Waals surface area contributed by atoms with Crippen LogP contribution in [0.3, 0.4) is 0 Å². The van der Waals surface area contributed by atoms with Crippen molar-refractivity contribution in [3.05, 3.63) is 143 Å². The fraction of sp³-hybridized carbons (Fsp3) is 0.0732. The van der Waals surface area contributed by atoms with Gasteiger partial charge in [-0.3, -0.25) is 0 Å². The van der Waals surface area contributed by atoms with Crippen LogP contribution in [0.5, 0.6) is 0 Å². The van der Waals surface area contributed by atoms with E-state index in [0.29, 0.717) is 38.6 Å². The lowest BCUT2D eigenvalue weighted by Crippen LogP contribution is -2.08.